The van der Waals surface area contributed by atoms with Crippen molar-refractivity contribution in [2.75, 3.05) is 6.61 Å². The summed E-state index contributed by atoms with van der Waals surface area (Å²) in [5.74, 6) is -0.561. The molecule has 43 heavy (non-hydrogen) atoms. The summed E-state index contributed by atoms with van der Waals surface area (Å²) < 4.78 is 22.9. The molecule has 0 unspecified atom stereocenters. The molecule has 0 aliphatic heterocycles. The molecule has 0 heterocycles. The van der Waals surface area contributed by atoms with E-state index in [1.54, 1.807) is 6.92 Å². The fourth-order valence-corrected chi connectivity index (χ4v) is 5.37. The third-order valence-electron chi connectivity index (χ3n) is 7.28. The number of rotatable bonds is 14. The van der Waals surface area contributed by atoms with E-state index in [2.05, 4.69) is 46.2 Å². The molecule has 0 aromatic heterocycles. The van der Waals surface area contributed by atoms with Crippen LogP contribution in [-0.2, 0) is 36.6 Å². The van der Waals surface area contributed by atoms with Crippen molar-refractivity contribution in [1.82, 2.24) is 10.4 Å². The van der Waals surface area contributed by atoms with Crippen molar-refractivity contribution in [3.63, 3.8) is 0 Å². The molecule has 9 nitrogen and oxygen atoms in total. The maximum absolute atomic E-state index is 13.6. The van der Waals surface area contributed by atoms with E-state index in [-0.39, 0.29) is 31.0 Å². The highest BCUT2D eigenvalue weighted by Crippen LogP contribution is 2.38. The Morgan fingerprint density at radius 1 is 0.884 bits per heavy atom. The third-order valence-corrected chi connectivity index (χ3v) is 11.8. The maximum Gasteiger partial charge on any atom is 0.429 e. The number of hydrazine groups is 1. The number of carbonyl (C=O) groups is 3. The molecular formula is C33H48N2O7Si. The Labute approximate surface area is 257 Å². The van der Waals surface area contributed by atoms with Gasteiger partial charge in [-0.15, -0.1) is 0 Å². The molecule has 0 saturated carbocycles. The maximum atomic E-state index is 13.6. The van der Waals surface area contributed by atoms with Gasteiger partial charge in [-0.05, 0) is 49.0 Å². The summed E-state index contributed by atoms with van der Waals surface area (Å²) in [6.07, 6.45) is 2.77. The summed E-state index contributed by atoms with van der Waals surface area (Å²) in [6, 6.07) is 17.6. The first-order chi connectivity index (χ1) is 20.4. The molecular weight excluding hydrogens is 564 g/mol. The highest BCUT2D eigenvalue weighted by molar-refractivity contribution is 6.74. The van der Waals surface area contributed by atoms with E-state index in [1.807, 2.05) is 60.7 Å². The lowest BCUT2D eigenvalue weighted by Gasteiger charge is -2.40. The van der Waals surface area contributed by atoms with E-state index in [0.717, 1.165) is 29.0 Å². The molecule has 0 radical (unpaired) electrons. The second-order valence-electron chi connectivity index (χ2n) is 11.8. The summed E-state index contributed by atoms with van der Waals surface area (Å²) in [6.45, 7) is 14.8. The number of hydrogen-bond acceptors (Lipinski definition) is 7. The average molecular weight is 613 g/mol. The largest absolute Gasteiger partial charge is 0.463 e. The number of nitrogens with zero attached hydrogens (tertiary/aromatic N) is 1. The van der Waals surface area contributed by atoms with Crippen LogP contribution in [0.5, 0.6) is 0 Å². The molecule has 2 amide bonds. The van der Waals surface area contributed by atoms with E-state index in [9.17, 15) is 14.4 Å². The molecule has 0 saturated heterocycles. The minimum absolute atomic E-state index is 0.00977. The van der Waals surface area contributed by atoms with Crippen LogP contribution in [0.1, 0.15) is 65.0 Å². The first kappa shape index (κ1) is 35.6. The van der Waals surface area contributed by atoms with E-state index >= 15 is 0 Å². The molecule has 2 aromatic rings. The number of ether oxygens (including phenoxy) is 3. The minimum Gasteiger partial charge on any atom is -0.463 e. The highest BCUT2D eigenvalue weighted by Gasteiger charge is 2.40. The van der Waals surface area contributed by atoms with E-state index < -0.39 is 32.5 Å². The zero-order valence-corrected chi connectivity index (χ0v) is 27.6. The van der Waals surface area contributed by atoms with Crippen LogP contribution in [0.2, 0.25) is 18.1 Å². The van der Waals surface area contributed by atoms with Gasteiger partial charge in [0.2, 0.25) is 0 Å². The van der Waals surface area contributed by atoms with Gasteiger partial charge in [0, 0.05) is 12.2 Å². The molecule has 0 bridgehead atoms. The molecule has 0 aliphatic carbocycles. The zero-order valence-electron chi connectivity index (χ0n) is 26.6. The number of amides is 2. The van der Waals surface area contributed by atoms with Crippen molar-refractivity contribution in [2.45, 2.75) is 97.4 Å². The Kier molecular flexibility index (Phi) is 14.5. The SMILES string of the molecule is CCC[C@H](C[C@@H](/C=C/C(=O)OCC)N(NC(=O)OCc1ccccc1)C(=O)OCc1ccccc1)O[Si](C)(C)C(C)(C)C. The summed E-state index contributed by atoms with van der Waals surface area (Å²) in [5.41, 5.74) is 4.15. The van der Waals surface area contributed by atoms with Crippen LogP contribution in [-0.4, -0.2) is 50.2 Å². The van der Waals surface area contributed by atoms with Crippen LogP contribution in [0.15, 0.2) is 72.8 Å². The summed E-state index contributed by atoms with van der Waals surface area (Å²) in [7, 11) is -2.20. The lowest BCUT2D eigenvalue weighted by molar-refractivity contribution is -0.137. The van der Waals surface area contributed by atoms with Crippen LogP contribution in [0.25, 0.3) is 0 Å². The smallest absolute Gasteiger partial charge is 0.429 e. The first-order valence-corrected chi connectivity index (χ1v) is 17.8. The Balaban J connectivity index is 2.39. The van der Waals surface area contributed by atoms with Gasteiger partial charge in [0.25, 0.3) is 0 Å². The van der Waals surface area contributed by atoms with Gasteiger partial charge in [-0.2, -0.15) is 0 Å². The van der Waals surface area contributed by atoms with Crippen LogP contribution < -0.4 is 5.43 Å². The van der Waals surface area contributed by atoms with Gasteiger partial charge in [-0.1, -0.05) is 101 Å². The van der Waals surface area contributed by atoms with Crippen molar-refractivity contribution in [3.8, 4) is 0 Å². The number of hydrogen-bond donors (Lipinski definition) is 1. The van der Waals surface area contributed by atoms with Crippen LogP contribution >= 0.6 is 0 Å². The molecule has 0 fully saturated rings. The molecule has 236 valence electrons. The summed E-state index contributed by atoms with van der Waals surface area (Å²) >= 11 is 0. The van der Waals surface area contributed by atoms with E-state index in [1.165, 1.54) is 12.2 Å². The van der Waals surface area contributed by atoms with Crippen molar-refractivity contribution in [3.05, 3.63) is 83.9 Å². The fourth-order valence-electron chi connectivity index (χ4n) is 3.97. The summed E-state index contributed by atoms with van der Waals surface area (Å²) in [4.78, 5) is 38.9. The van der Waals surface area contributed by atoms with Gasteiger partial charge in [-0.3, -0.25) is 0 Å². The highest BCUT2D eigenvalue weighted by atomic mass is 28.4. The van der Waals surface area contributed by atoms with E-state index in [4.69, 9.17) is 18.6 Å². The van der Waals surface area contributed by atoms with Crippen molar-refractivity contribution >= 4 is 26.5 Å². The van der Waals surface area contributed by atoms with E-state index in [0.29, 0.717) is 6.42 Å². The van der Waals surface area contributed by atoms with Gasteiger partial charge in [0.1, 0.15) is 13.2 Å². The van der Waals surface area contributed by atoms with Crippen LogP contribution in [0.3, 0.4) is 0 Å². The van der Waals surface area contributed by atoms with Crippen molar-refractivity contribution in [1.29, 1.82) is 0 Å². The molecule has 0 spiro atoms. The first-order valence-electron chi connectivity index (χ1n) is 14.9. The zero-order chi connectivity index (χ0) is 31.9. The number of esters is 1. The van der Waals surface area contributed by atoms with Gasteiger partial charge >= 0.3 is 18.2 Å². The lowest BCUT2D eigenvalue weighted by atomic mass is 10.0. The molecule has 1 N–H and O–H groups in total. The quantitative estimate of drug-likeness (QED) is 0.0773. The van der Waals surface area contributed by atoms with Gasteiger partial charge < -0.3 is 18.6 Å². The normalized spacial score (nSPS) is 13.2. The average Bonchev–Trinajstić information content (AvgIpc) is 2.96. The predicted octanol–water partition coefficient (Wildman–Crippen LogP) is 7.54. The standard InChI is InChI=1S/C33H48N2O7Si/c1-8-16-29(42-43(6,7)33(3,4)5)23-28(21-22-30(36)39-9-2)35(32(38)41-25-27-19-14-11-15-20-27)34-31(37)40-24-26-17-12-10-13-18-26/h10-15,17-22,28-29H,8-9,16,23-25H2,1-7H3,(H,34,37)/b22-21+/t28-,29-/m1/s1. The molecule has 2 rings (SSSR count). The third kappa shape index (κ3) is 12.6. The second kappa shape index (κ2) is 17.5. The minimum atomic E-state index is -2.20. The predicted molar refractivity (Wildman–Crippen MR) is 169 cm³/mol. The molecule has 2 atom stereocenters. The lowest BCUT2D eigenvalue weighted by Crippen LogP contribution is -2.53. The van der Waals surface area contributed by atoms with Gasteiger partial charge in [0.05, 0.1) is 12.6 Å². The Morgan fingerprint density at radius 2 is 1.44 bits per heavy atom. The Bertz CT molecular complexity index is 1170. The van der Waals surface area contributed by atoms with Crippen molar-refractivity contribution in [2.24, 2.45) is 0 Å². The van der Waals surface area contributed by atoms with Crippen LogP contribution in [0.4, 0.5) is 9.59 Å². The number of nitrogens with one attached hydrogen (secondary N) is 1. The summed E-state index contributed by atoms with van der Waals surface area (Å²) in [5, 5.41) is 1.03. The Hall–Kier alpha value is -3.63. The number of benzene rings is 2. The molecule has 2 aromatic carbocycles. The van der Waals surface area contributed by atoms with Crippen molar-refractivity contribution < 1.29 is 33.0 Å². The van der Waals surface area contributed by atoms with Gasteiger partial charge in [0.15, 0.2) is 8.32 Å². The Morgan fingerprint density at radius 3 is 1.95 bits per heavy atom. The van der Waals surface area contributed by atoms with Gasteiger partial charge in [-0.25, -0.2) is 24.8 Å². The molecule has 0 aliphatic rings. The second-order valence-corrected chi connectivity index (χ2v) is 16.5. The topological polar surface area (TPSA) is 103 Å². The monoisotopic (exact) mass is 612 g/mol. The fraction of sp³-hybridized carbons (Fsp3) is 0.485. The number of carbonyl (C=O) groups excluding carboxylic acids is 3. The molecule has 10 heteroatoms. The van der Waals surface area contributed by atoms with Crippen LogP contribution in [0, 0.1) is 0 Å².